The van der Waals surface area contributed by atoms with Crippen LogP contribution in [0.3, 0.4) is 0 Å². The predicted octanol–water partition coefficient (Wildman–Crippen LogP) is 0.162. The zero-order chi connectivity index (χ0) is 13.1. The van der Waals surface area contributed by atoms with Gasteiger partial charge in [0.15, 0.2) is 9.84 Å². The van der Waals surface area contributed by atoms with E-state index in [2.05, 4.69) is 0 Å². The van der Waals surface area contributed by atoms with Crippen molar-refractivity contribution in [3.05, 3.63) is 0 Å². The number of hydrogen-bond donors (Lipinski definition) is 0. The Morgan fingerprint density at radius 3 is 2.59 bits per heavy atom. The summed E-state index contributed by atoms with van der Waals surface area (Å²) in [5.74, 6) is 0.260. The highest BCUT2D eigenvalue weighted by Gasteiger charge is 2.35. The summed E-state index contributed by atoms with van der Waals surface area (Å²) in [7, 11) is -1.54. The molecule has 0 amide bonds. The van der Waals surface area contributed by atoms with Gasteiger partial charge in [0, 0.05) is 25.4 Å². The maximum Gasteiger partial charge on any atom is 0.310 e. The molecule has 1 aliphatic heterocycles. The molecule has 0 spiro atoms. The lowest BCUT2D eigenvalue weighted by Gasteiger charge is -2.14. The highest BCUT2D eigenvalue weighted by molar-refractivity contribution is 7.91. The normalized spacial score (nSPS) is 26.1. The van der Waals surface area contributed by atoms with Crippen molar-refractivity contribution in [2.75, 3.05) is 38.2 Å². The zero-order valence-electron chi connectivity index (χ0n) is 10.7. The second kappa shape index (κ2) is 5.82. The van der Waals surface area contributed by atoms with E-state index in [4.69, 9.17) is 4.74 Å². The number of rotatable bonds is 5. The molecular weight excluding hydrogens is 242 g/mol. The predicted molar refractivity (Wildman–Crippen MR) is 65.4 cm³/mol. The van der Waals surface area contributed by atoms with E-state index >= 15 is 0 Å². The smallest absolute Gasteiger partial charge is 0.310 e. The van der Waals surface area contributed by atoms with Crippen LogP contribution in [0.15, 0.2) is 0 Å². The Bertz CT molecular complexity index is 366. The number of nitrogens with zero attached hydrogens (tertiary/aromatic N) is 1. The number of likely N-dealkylation sites (tertiary alicyclic amines) is 1. The van der Waals surface area contributed by atoms with Gasteiger partial charge in [-0.1, -0.05) is 13.8 Å². The molecule has 1 fully saturated rings. The number of ether oxygens (including phenoxy) is 1. The summed E-state index contributed by atoms with van der Waals surface area (Å²) in [6.45, 7) is 5.52. The number of carbonyl (C=O) groups is 1. The number of methoxy groups -OCH3 is 1. The minimum absolute atomic E-state index is 0.121. The Hall–Kier alpha value is -0.620. The Labute approximate surface area is 103 Å². The van der Waals surface area contributed by atoms with Crippen LogP contribution in [0.5, 0.6) is 0 Å². The summed E-state index contributed by atoms with van der Waals surface area (Å²) in [6.07, 6.45) is 0. The van der Waals surface area contributed by atoms with Gasteiger partial charge < -0.3 is 9.64 Å². The third-order valence-electron chi connectivity index (χ3n) is 3.35. The first-order valence-corrected chi connectivity index (χ1v) is 7.72. The molecule has 1 heterocycles. The Morgan fingerprint density at radius 1 is 1.41 bits per heavy atom. The Morgan fingerprint density at radius 2 is 2.06 bits per heavy atom. The van der Waals surface area contributed by atoms with Gasteiger partial charge in [0.25, 0.3) is 0 Å². The molecule has 2 atom stereocenters. The molecule has 2 unspecified atom stereocenters. The molecule has 0 aromatic carbocycles. The van der Waals surface area contributed by atoms with Gasteiger partial charge in [-0.15, -0.1) is 0 Å². The average molecular weight is 263 g/mol. The van der Waals surface area contributed by atoms with E-state index in [1.807, 2.05) is 11.8 Å². The van der Waals surface area contributed by atoms with Crippen molar-refractivity contribution in [2.24, 2.45) is 11.8 Å². The lowest BCUT2D eigenvalue weighted by Crippen LogP contribution is -2.29. The summed E-state index contributed by atoms with van der Waals surface area (Å²) >= 11 is 0. The van der Waals surface area contributed by atoms with E-state index in [1.165, 1.54) is 7.11 Å². The van der Waals surface area contributed by atoms with Crippen LogP contribution in [0.1, 0.15) is 13.8 Å². The van der Waals surface area contributed by atoms with Gasteiger partial charge in [0.1, 0.15) is 0 Å². The van der Waals surface area contributed by atoms with Crippen LogP contribution < -0.4 is 0 Å². The van der Waals surface area contributed by atoms with E-state index in [1.54, 1.807) is 6.92 Å². The van der Waals surface area contributed by atoms with Gasteiger partial charge in [-0.2, -0.15) is 0 Å². The average Bonchev–Trinajstić information content (AvgIpc) is 2.67. The van der Waals surface area contributed by atoms with Gasteiger partial charge >= 0.3 is 5.97 Å². The molecule has 0 aromatic heterocycles. The fourth-order valence-electron chi connectivity index (χ4n) is 2.12. The van der Waals surface area contributed by atoms with Gasteiger partial charge in [-0.3, -0.25) is 4.79 Å². The fourth-order valence-corrected chi connectivity index (χ4v) is 2.95. The van der Waals surface area contributed by atoms with Crippen LogP contribution in [0.2, 0.25) is 0 Å². The molecule has 100 valence electrons. The van der Waals surface area contributed by atoms with Crippen LogP contribution in [0.25, 0.3) is 0 Å². The minimum Gasteiger partial charge on any atom is -0.469 e. The largest absolute Gasteiger partial charge is 0.469 e. The number of carbonyl (C=O) groups excluding carboxylic acids is 1. The molecule has 6 heteroatoms. The number of hydrogen-bond acceptors (Lipinski definition) is 5. The second-order valence-corrected chi connectivity index (χ2v) is 7.08. The molecule has 0 bridgehead atoms. The minimum atomic E-state index is -2.93. The van der Waals surface area contributed by atoms with Crippen molar-refractivity contribution >= 4 is 15.8 Å². The molecule has 0 saturated carbocycles. The van der Waals surface area contributed by atoms with E-state index < -0.39 is 9.84 Å². The molecule has 5 nitrogen and oxygen atoms in total. The van der Waals surface area contributed by atoms with Crippen molar-refractivity contribution < 1.29 is 17.9 Å². The first kappa shape index (κ1) is 14.4. The lowest BCUT2D eigenvalue weighted by atomic mass is 9.99. The number of sulfone groups is 1. The second-order valence-electron chi connectivity index (χ2n) is 4.60. The van der Waals surface area contributed by atoms with Gasteiger partial charge in [0.05, 0.1) is 18.8 Å². The van der Waals surface area contributed by atoms with Crippen molar-refractivity contribution in [1.82, 2.24) is 4.90 Å². The zero-order valence-corrected chi connectivity index (χ0v) is 11.5. The van der Waals surface area contributed by atoms with Crippen molar-refractivity contribution in [1.29, 1.82) is 0 Å². The Balaban J connectivity index is 2.47. The molecule has 1 aliphatic rings. The highest BCUT2D eigenvalue weighted by Crippen LogP contribution is 2.23. The molecule has 0 radical (unpaired) electrons. The molecule has 0 aromatic rings. The van der Waals surface area contributed by atoms with E-state index in [-0.39, 0.29) is 29.3 Å². The quantitative estimate of drug-likeness (QED) is 0.661. The summed E-state index contributed by atoms with van der Waals surface area (Å²) in [4.78, 5) is 13.5. The van der Waals surface area contributed by atoms with E-state index in [0.717, 1.165) is 6.54 Å². The topological polar surface area (TPSA) is 63.7 Å². The van der Waals surface area contributed by atoms with Gasteiger partial charge in [-0.25, -0.2) is 8.42 Å². The van der Waals surface area contributed by atoms with Crippen molar-refractivity contribution in [2.45, 2.75) is 13.8 Å². The molecule has 0 N–H and O–H groups in total. The Kier molecular flexibility index (Phi) is 4.94. The van der Waals surface area contributed by atoms with Gasteiger partial charge in [-0.05, 0) is 5.92 Å². The molecule has 1 saturated heterocycles. The van der Waals surface area contributed by atoms with E-state index in [0.29, 0.717) is 13.1 Å². The molecular formula is C11H21NO4S. The molecule has 0 aliphatic carbocycles. The van der Waals surface area contributed by atoms with Crippen LogP contribution in [0, 0.1) is 11.8 Å². The maximum atomic E-state index is 11.5. The summed E-state index contributed by atoms with van der Waals surface area (Å²) < 4.78 is 27.5. The van der Waals surface area contributed by atoms with Crippen molar-refractivity contribution in [3.63, 3.8) is 0 Å². The summed E-state index contributed by atoms with van der Waals surface area (Å²) in [6, 6.07) is 0. The lowest BCUT2D eigenvalue weighted by molar-refractivity contribution is -0.146. The SMILES string of the molecule is CCS(=O)(=O)CCN1CC(C)C(C(=O)OC)C1. The van der Waals surface area contributed by atoms with E-state index in [9.17, 15) is 13.2 Å². The summed E-state index contributed by atoms with van der Waals surface area (Å²) in [5.41, 5.74) is 0. The third-order valence-corrected chi connectivity index (χ3v) is 5.03. The first-order valence-electron chi connectivity index (χ1n) is 5.90. The van der Waals surface area contributed by atoms with Crippen LogP contribution >= 0.6 is 0 Å². The molecule has 1 rings (SSSR count). The van der Waals surface area contributed by atoms with Crippen molar-refractivity contribution in [3.8, 4) is 0 Å². The monoisotopic (exact) mass is 263 g/mol. The maximum absolute atomic E-state index is 11.5. The fraction of sp³-hybridized carbons (Fsp3) is 0.909. The van der Waals surface area contributed by atoms with Crippen LogP contribution in [0.4, 0.5) is 0 Å². The first-order chi connectivity index (χ1) is 7.89. The molecule has 17 heavy (non-hydrogen) atoms. The highest BCUT2D eigenvalue weighted by atomic mass is 32.2. The van der Waals surface area contributed by atoms with Crippen LogP contribution in [-0.2, 0) is 19.4 Å². The standard InChI is InChI=1S/C11H21NO4S/c1-4-17(14,15)6-5-12-7-9(2)10(8-12)11(13)16-3/h9-10H,4-8H2,1-3H3. The number of esters is 1. The van der Waals surface area contributed by atoms with Gasteiger partial charge in [0.2, 0.25) is 0 Å². The third kappa shape index (κ3) is 3.96. The summed E-state index contributed by atoms with van der Waals surface area (Å²) in [5, 5.41) is 0. The van der Waals surface area contributed by atoms with Crippen LogP contribution in [-0.4, -0.2) is 57.5 Å².